The molecule has 0 atom stereocenters. The molecule has 0 bridgehead atoms. The number of nitro groups is 1. The van der Waals surface area contributed by atoms with Crippen LogP contribution in [0.2, 0.25) is 0 Å². The second-order valence-corrected chi connectivity index (χ2v) is 4.13. The Morgan fingerprint density at radius 3 is 2.61 bits per heavy atom. The van der Waals surface area contributed by atoms with Gasteiger partial charge in [0.2, 0.25) is 0 Å². The Bertz CT molecular complexity index is 446. The smallest absolute Gasteiger partial charge is 0.293 e. The Kier molecular flexibility index (Phi) is 4.79. The molecule has 0 aliphatic heterocycles. The second-order valence-electron chi connectivity index (χ2n) is 4.13. The van der Waals surface area contributed by atoms with Crippen molar-refractivity contribution in [2.45, 2.75) is 19.9 Å². The molecule has 1 rings (SSSR count). The van der Waals surface area contributed by atoms with Crippen molar-refractivity contribution in [3.63, 3.8) is 0 Å². The van der Waals surface area contributed by atoms with Crippen molar-refractivity contribution < 1.29 is 14.8 Å². The van der Waals surface area contributed by atoms with Crippen LogP contribution in [0.25, 0.3) is 0 Å². The molecule has 6 heteroatoms. The van der Waals surface area contributed by atoms with Gasteiger partial charge in [-0.1, -0.05) is 0 Å². The molecule has 1 N–H and O–H groups in total. The normalized spacial score (nSPS) is 10.4. The molecule has 1 aromatic rings. The Balaban J connectivity index is 3.28. The SMILES string of the molecule is CC(C)N(CCO)c1ccc(C=O)cc1[N+](=O)[O-]. The van der Waals surface area contributed by atoms with E-state index in [1.807, 2.05) is 13.8 Å². The third-order valence-electron chi connectivity index (χ3n) is 2.61. The minimum atomic E-state index is -0.519. The van der Waals surface area contributed by atoms with Gasteiger partial charge in [-0.3, -0.25) is 14.9 Å². The molecule has 18 heavy (non-hydrogen) atoms. The van der Waals surface area contributed by atoms with Crippen molar-refractivity contribution in [1.82, 2.24) is 0 Å². The number of anilines is 1. The average molecular weight is 252 g/mol. The van der Waals surface area contributed by atoms with Crippen LogP contribution in [-0.2, 0) is 0 Å². The van der Waals surface area contributed by atoms with E-state index in [0.29, 0.717) is 18.5 Å². The first kappa shape index (κ1) is 14.1. The largest absolute Gasteiger partial charge is 0.395 e. The van der Waals surface area contributed by atoms with E-state index in [9.17, 15) is 14.9 Å². The van der Waals surface area contributed by atoms with Gasteiger partial charge < -0.3 is 10.0 Å². The van der Waals surface area contributed by atoms with E-state index in [4.69, 9.17) is 5.11 Å². The number of aliphatic hydroxyl groups excluding tert-OH is 1. The summed E-state index contributed by atoms with van der Waals surface area (Å²) in [5.41, 5.74) is 0.551. The van der Waals surface area contributed by atoms with Crippen molar-refractivity contribution >= 4 is 17.7 Å². The molecule has 0 saturated carbocycles. The van der Waals surface area contributed by atoms with Gasteiger partial charge in [0.15, 0.2) is 0 Å². The summed E-state index contributed by atoms with van der Waals surface area (Å²) in [5.74, 6) is 0. The van der Waals surface area contributed by atoms with Crippen molar-refractivity contribution in [2.75, 3.05) is 18.1 Å². The van der Waals surface area contributed by atoms with Crippen molar-refractivity contribution in [2.24, 2.45) is 0 Å². The summed E-state index contributed by atoms with van der Waals surface area (Å²) in [6.07, 6.45) is 0.572. The molecule has 98 valence electrons. The predicted molar refractivity (Wildman–Crippen MR) is 68.1 cm³/mol. The quantitative estimate of drug-likeness (QED) is 0.472. The Hall–Kier alpha value is -1.95. The minimum Gasteiger partial charge on any atom is -0.395 e. The van der Waals surface area contributed by atoms with Gasteiger partial charge >= 0.3 is 0 Å². The van der Waals surface area contributed by atoms with E-state index >= 15 is 0 Å². The average Bonchev–Trinajstić information content (AvgIpc) is 2.34. The van der Waals surface area contributed by atoms with Crippen LogP contribution in [0.15, 0.2) is 18.2 Å². The zero-order valence-corrected chi connectivity index (χ0v) is 10.4. The van der Waals surface area contributed by atoms with Gasteiger partial charge in [-0.2, -0.15) is 0 Å². The van der Waals surface area contributed by atoms with Crippen molar-refractivity contribution in [3.8, 4) is 0 Å². The first-order chi connectivity index (χ1) is 8.51. The van der Waals surface area contributed by atoms with Crippen LogP contribution in [0.5, 0.6) is 0 Å². The lowest BCUT2D eigenvalue weighted by molar-refractivity contribution is -0.384. The fraction of sp³-hybridized carbons (Fsp3) is 0.417. The van der Waals surface area contributed by atoms with Gasteiger partial charge in [-0.25, -0.2) is 0 Å². The van der Waals surface area contributed by atoms with E-state index < -0.39 is 4.92 Å². The lowest BCUT2D eigenvalue weighted by Gasteiger charge is -2.27. The maximum atomic E-state index is 11.0. The molecule has 0 heterocycles. The van der Waals surface area contributed by atoms with Crippen LogP contribution in [0.4, 0.5) is 11.4 Å². The van der Waals surface area contributed by atoms with Crippen molar-refractivity contribution in [3.05, 3.63) is 33.9 Å². The van der Waals surface area contributed by atoms with Crippen LogP contribution in [0.1, 0.15) is 24.2 Å². The maximum absolute atomic E-state index is 11.0. The number of carbonyl (C=O) groups excluding carboxylic acids is 1. The fourth-order valence-electron chi connectivity index (χ4n) is 1.77. The summed E-state index contributed by atoms with van der Waals surface area (Å²) in [7, 11) is 0. The maximum Gasteiger partial charge on any atom is 0.293 e. The molecule has 0 aromatic heterocycles. The summed E-state index contributed by atoms with van der Waals surface area (Å²) in [6, 6.07) is 4.33. The number of hydrogen-bond acceptors (Lipinski definition) is 5. The number of carbonyl (C=O) groups is 1. The van der Waals surface area contributed by atoms with E-state index in [1.165, 1.54) is 18.2 Å². The third kappa shape index (κ3) is 3.04. The first-order valence-electron chi connectivity index (χ1n) is 5.62. The van der Waals surface area contributed by atoms with Crippen LogP contribution >= 0.6 is 0 Å². The number of nitro benzene ring substituents is 1. The molecule has 0 spiro atoms. The van der Waals surface area contributed by atoms with E-state index in [-0.39, 0.29) is 23.9 Å². The van der Waals surface area contributed by atoms with E-state index in [1.54, 1.807) is 4.90 Å². The molecular weight excluding hydrogens is 236 g/mol. The van der Waals surface area contributed by atoms with Crippen LogP contribution in [-0.4, -0.2) is 35.5 Å². The topological polar surface area (TPSA) is 83.7 Å². The van der Waals surface area contributed by atoms with Crippen LogP contribution < -0.4 is 4.90 Å². The Labute approximate surface area is 105 Å². The summed E-state index contributed by atoms with van der Waals surface area (Å²) in [4.78, 5) is 22.9. The minimum absolute atomic E-state index is 0.0120. The van der Waals surface area contributed by atoms with E-state index in [2.05, 4.69) is 0 Å². The zero-order chi connectivity index (χ0) is 13.7. The molecule has 0 radical (unpaired) electrons. The van der Waals surface area contributed by atoms with Gasteiger partial charge in [0, 0.05) is 24.2 Å². The zero-order valence-electron chi connectivity index (χ0n) is 10.4. The number of benzene rings is 1. The highest BCUT2D eigenvalue weighted by atomic mass is 16.6. The molecule has 1 aromatic carbocycles. The molecule has 0 unspecified atom stereocenters. The van der Waals surface area contributed by atoms with Gasteiger partial charge in [0.05, 0.1) is 11.5 Å². The first-order valence-corrected chi connectivity index (χ1v) is 5.62. The highest BCUT2D eigenvalue weighted by molar-refractivity contribution is 5.79. The fourth-order valence-corrected chi connectivity index (χ4v) is 1.77. The molecular formula is C12H16N2O4. The molecule has 0 saturated heterocycles. The van der Waals surface area contributed by atoms with Crippen LogP contribution in [0.3, 0.4) is 0 Å². The van der Waals surface area contributed by atoms with Crippen LogP contribution in [0, 0.1) is 10.1 Å². The van der Waals surface area contributed by atoms with Gasteiger partial charge in [0.1, 0.15) is 12.0 Å². The monoisotopic (exact) mass is 252 g/mol. The Morgan fingerprint density at radius 2 is 2.17 bits per heavy atom. The summed E-state index contributed by atoms with van der Waals surface area (Å²) in [5, 5.41) is 20.0. The number of nitrogens with zero attached hydrogens (tertiary/aromatic N) is 2. The highest BCUT2D eigenvalue weighted by Gasteiger charge is 2.21. The summed E-state index contributed by atoms with van der Waals surface area (Å²) in [6.45, 7) is 3.98. The molecule has 0 fully saturated rings. The third-order valence-corrected chi connectivity index (χ3v) is 2.61. The standard InChI is InChI=1S/C12H16N2O4/c1-9(2)13(5-6-15)11-4-3-10(8-16)7-12(11)14(17)18/h3-4,7-9,15H,5-6H2,1-2H3. The molecule has 0 aliphatic rings. The van der Waals surface area contributed by atoms with Gasteiger partial charge in [-0.15, -0.1) is 0 Å². The lowest BCUT2D eigenvalue weighted by atomic mass is 10.1. The number of hydrogen-bond donors (Lipinski definition) is 1. The van der Waals surface area contributed by atoms with Gasteiger partial charge in [-0.05, 0) is 26.0 Å². The number of aldehydes is 1. The molecule has 0 aliphatic carbocycles. The number of rotatable bonds is 6. The predicted octanol–water partition coefficient (Wildman–Crippen LogP) is 1.61. The van der Waals surface area contributed by atoms with Gasteiger partial charge in [0.25, 0.3) is 5.69 Å². The molecule has 0 amide bonds. The Morgan fingerprint density at radius 1 is 1.50 bits per heavy atom. The van der Waals surface area contributed by atoms with E-state index in [0.717, 1.165) is 0 Å². The highest BCUT2D eigenvalue weighted by Crippen LogP contribution is 2.30. The summed E-state index contributed by atoms with van der Waals surface area (Å²) >= 11 is 0. The van der Waals surface area contributed by atoms with Crippen molar-refractivity contribution in [1.29, 1.82) is 0 Å². The molecule has 6 nitrogen and oxygen atoms in total. The summed E-state index contributed by atoms with van der Waals surface area (Å²) < 4.78 is 0. The second kappa shape index (κ2) is 6.11. The lowest BCUT2D eigenvalue weighted by Crippen LogP contribution is -2.33. The number of aliphatic hydroxyl groups is 1.